The molecule has 0 bridgehead atoms. The zero-order valence-corrected chi connectivity index (χ0v) is 12.5. The van der Waals surface area contributed by atoms with Gasteiger partial charge >= 0.3 is 12.3 Å². The van der Waals surface area contributed by atoms with Gasteiger partial charge in [-0.1, -0.05) is 12.1 Å². The first-order valence-corrected chi connectivity index (χ1v) is 6.87. The molecule has 1 aromatic rings. The number of hydrogen-bond acceptors (Lipinski definition) is 4. The van der Waals surface area contributed by atoms with Crippen LogP contribution in [0.1, 0.15) is 24.5 Å². The lowest BCUT2D eigenvalue weighted by Crippen LogP contribution is -2.48. The summed E-state index contributed by atoms with van der Waals surface area (Å²) in [5.74, 6) is -0.170. The summed E-state index contributed by atoms with van der Waals surface area (Å²) in [5.41, 5.74) is -0.387. The first kappa shape index (κ1) is 18.9. The average Bonchev–Trinajstić information content (AvgIpc) is 2.85. The van der Waals surface area contributed by atoms with Crippen LogP contribution in [0.25, 0.3) is 0 Å². The van der Waals surface area contributed by atoms with Crippen LogP contribution in [-0.4, -0.2) is 30.7 Å². The van der Waals surface area contributed by atoms with E-state index < -0.39 is 11.7 Å². The van der Waals surface area contributed by atoms with Gasteiger partial charge in [0.15, 0.2) is 0 Å². The predicted octanol–water partition coefficient (Wildman–Crippen LogP) is 1.53. The molecule has 0 aliphatic carbocycles. The Morgan fingerprint density at radius 2 is 1.87 bits per heavy atom. The first-order chi connectivity index (χ1) is 10.7. The highest BCUT2D eigenvalue weighted by molar-refractivity contribution is 5.79. The van der Waals surface area contributed by atoms with Crippen molar-refractivity contribution in [2.75, 3.05) is 13.1 Å². The Balaban J connectivity index is 0.000000816. The molecule has 1 amide bonds. The third-order valence-corrected chi connectivity index (χ3v) is 3.46. The van der Waals surface area contributed by atoms with Crippen molar-refractivity contribution < 1.29 is 27.6 Å². The van der Waals surface area contributed by atoms with E-state index in [9.17, 15) is 18.0 Å². The quantitative estimate of drug-likeness (QED) is 0.881. The Kier molecular flexibility index (Phi) is 6.48. The summed E-state index contributed by atoms with van der Waals surface area (Å²) < 4.78 is 37.3. The molecule has 2 rings (SSSR count). The average molecular weight is 330 g/mol. The minimum atomic E-state index is -4.34. The summed E-state index contributed by atoms with van der Waals surface area (Å²) in [6, 6.07) is 4.69. The van der Waals surface area contributed by atoms with Crippen molar-refractivity contribution in [1.82, 2.24) is 10.6 Å². The van der Waals surface area contributed by atoms with Gasteiger partial charge in [-0.05, 0) is 37.6 Å². The van der Waals surface area contributed by atoms with E-state index >= 15 is 0 Å². The molecule has 1 unspecified atom stereocenters. The van der Waals surface area contributed by atoms with Gasteiger partial charge in [0.05, 0.1) is 17.5 Å². The van der Waals surface area contributed by atoms with Gasteiger partial charge in [-0.25, -0.2) is 0 Å². The number of alkyl halides is 3. The lowest BCUT2D eigenvalue weighted by molar-refractivity contribution is -0.191. The van der Waals surface area contributed by atoms with Gasteiger partial charge in [0.2, 0.25) is 5.91 Å². The van der Waals surface area contributed by atoms with Crippen molar-refractivity contribution >= 4 is 12.1 Å². The highest BCUT2D eigenvalue weighted by atomic mass is 19.4. The van der Waals surface area contributed by atoms with Crippen LogP contribution in [0.5, 0.6) is 0 Å². The molecule has 0 radical (unpaired) electrons. The van der Waals surface area contributed by atoms with Crippen molar-refractivity contribution in [1.29, 1.82) is 0 Å². The molecule has 5 nitrogen and oxygen atoms in total. The SMILES string of the molecule is CC1(NC(=O)Cc2ccc(C(F)(F)F)cc2)CCNC1.O=C=O. The number of carbonyl (C=O) groups is 1. The summed E-state index contributed by atoms with van der Waals surface area (Å²) in [4.78, 5) is 28.1. The van der Waals surface area contributed by atoms with Crippen LogP contribution in [0.2, 0.25) is 0 Å². The summed E-state index contributed by atoms with van der Waals surface area (Å²) >= 11 is 0. The lowest BCUT2D eigenvalue weighted by atomic mass is 10.0. The first-order valence-electron chi connectivity index (χ1n) is 6.87. The molecule has 126 valence electrons. The Hall–Kier alpha value is -2.18. The van der Waals surface area contributed by atoms with Gasteiger partial charge in [-0.2, -0.15) is 22.8 Å². The van der Waals surface area contributed by atoms with Crippen LogP contribution in [0.3, 0.4) is 0 Å². The molecule has 1 atom stereocenters. The summed E-state index contributed by atoms with van der Waals surface area (Å²) in [5, 5.41) is 6.09. The molecule has 8 heteroatoms. The van der Waals surface area contributed by atoms with E-state index in [1.165, 1.54) is 12.1 Å². The van der Waals surface area contributed by atoms with Gasteiger partial charge in [0, 0.05) is 6.54 Å². The van der Waals surface area contributed by atoms with E-state index in [2.05, 4.69) is 10.6 Å². The maximum absolute atomic E-state index is 12.4. The van der Waals surface area contributed by atoms with E-state index in [0.717, 1.165) is 25.1 Å². The van der Waals surface area contributed by atoms with Crippen LogP contribution in [-0.2, 0) is 27.0 Å². The largest absolute Gasteiger partial charge is 0.416 e. The van der Waals surface area contributed by atoms with Gasteiger partial charge in [-0.3, -0.25) is 4.79 Å². The van der Waals surface area contributed by atoms with Crippen LogP contribution in [0.4, 0.5) is 13.2 Å². The summed E-state index contributed by atoms with van der Waals surface area (Å²) in [6.45, 7) is 3.53. The zero-order chi connectivity index (χ0) is 17.5. The lowest BCUT2D eigenvalue weighted by Gasteiger charge is -2.24. The minimum Gasteiger partial charge on any atom is -0.349 e. The molecule has 1 aliphatic heterocycles. The van der Waals surface area contributed by atoms with Crippen molar-refractivity contribution in [3.63, 3.8) is 0 Å². The molecule has 1 aromatic carbocycles. The molecule has 1 heterocycles. The second-order valence-electron chi connectivity index (χ2n) is 5.49. The number of halogens is 3. The van der Waals surface area contributed by atoms with Gasteiger partial charge < -0.3 is 10.6 Å². The molecule has 0 saturated carbocycles. The molecular weight excluding hydrogens is 313 g/mol. The molecule has 0 spiro atoms. The topological polar surface area (TPSA) is 75.3 Å². The van der Waals surface area contributed by atoms with E-state index in [1.807, 2.05) is 6.92 Å². The molecule has 0 aromatic heterocycles. The van der Waals surface area contributed by atoms with Crippen LogP contribution in [0, 0.1) is 0 Å². The molecule has 23 heavy (non-hydrogen) atoms. The fourth-order valence-electron chi connectivity index (χ4n) is 2.30. The van der Waals surface area contributed by atoms with Gasteiger partial charge in [-0.15, -0.1) is 0 Å². The fraction of sp³-hybridized carbons (Fsp3) is 0.467. The Labute approximate surface area is 131 Å². The maximum atomic E-state index is 12.4. The number of benzene rings is 1. The van der Waals surface area contributed by atoms with Crippen LogP contribution in [0.15, 0.2) is 24.3 Å². The number of nitrogens with one attached hydrogen (secondary N) is 2. The van der Waals surface area contributed by atoms with E-state index in [4.69, 9.17) is 9.59 Å². The molecule has 1 fully saturated rings. The number of rotatable bonds is 3. The van der Waals surface area contributed by atoms with E-state index in [1.54, 1.807) is 0 Å². The number of hydrogen-bond donors (Lipinski definition) is 2. The van der Waals surface area contributed by atoms with Crippen LogP contribution < -0.4 is 10.6 Å². The smallest absolute Gasteiger partial charge is 0.349 e. The number of amides is 1. The Bertz CT molecular complexity index is 558. The summed E-state index contributed by atoms with van der Waals surface area (Å²) in [6.07, 6.45) is -3.15. The van der Waals surface area contributed by atoms with Gasteiger partial charge in [0.25, 0.3) is 0 Å². The second kappa shape index (κ2) is 7.89. The summed E-state index contributed by atoms with van der Waals surface area (Å²) in [7, 11) is 0. The molecule has 2 N–H and O–H groups in total. The van der Waals surface area contributed by atoms with Crippen molar-refractivity contribution in [3.8, 4) is 0 Å². The fourth-order valence-corrected chi connectivity index (χ4v) is 2.30. The normalized spacial score (nSPS) is 20.2. The molecule has 1 aliphatic rings. The number of carbonyl (C=O) groups excluding carboxylic acids is 3. The minimum absolute atomic E-state index is 0.0910. The third-order valence-electron chi connectivity index (χ3n) is 3.46. The van der Waals surface area contributed by atoms with E-state index in [-0.39, 0.29) is 24.0 Å². The third kappa shape index (κ3) is 6.22. The highest BCUT2D eigenvalue weighted by Gasteiger charge is 2.31. The standard InChI is InChI=1S/C14H17F3N2O.CO2/c1-13(6-7-18-9-13)19-12(20)8-10-2-4-11(5-3-10)14(15,16)17;2-1-3/h2-5,18H,6-9H2,1H3,(H,19,20);. The van der Waals surface area contributed by atoms with Crippen molar-refractivity contribution in [2.24, 2.45) is 0 Å². The van der Waals surface area contributed by atoms with Crippen molar-refractivity contribution in [3.05, 3.63) is 35.4 Å². The zero-order valence-electron chi connectivity index (χ0n) is 12.5. The Morgan fingerprint density at radius 3 is 2.30 bits per heavy atom. The Morgan fingerprint density at radius 1 is 1.30 bits per heavy atom. The molecular formula is C15H17F3N2O3. The van der Waals surface area contributed by atoms with Crippen molar-refractivity contribution in [2.45, 2.75) is 31.5 Å². The highest BCUT2D eigenvalue weighted by Crippen LogP contribution is 2.29. The molecule has 1 saturated heterocycles. The van der Waals surface area contributed by atoms with E-state index in [0.29, 0.717) is 12.1 Å². The monoisotopic (exact) mass is 330 g/mol. The predicted molar refractivity (Wildman–Crippen MR) is 74.2 cm³/mol. The second-order valence-corrected chi connectivity index (χ2v) is 5.49. The van der Waals surface area contributed by atoms with Gasteiger partial charge in [0.1, 0.15) is 0 Å². The maximum Gasteiger partial charge on any atom is 0.416 e. The van der Waals surface area contributed by atoms with Crippen LogP contribution >= 0.6 is 0 Å².